The van der Waals surface area contributed by atoms with Crippen LogP contribution in [-0.2, 0) is 6.42 Å². The topological polar surface area (TPSA) is 12.0 Å². The smallest absolute Gasteiger partial charge is 0.0701 e. The summed E-state index contributed by atoms with van der Waals surface area (Å²) in [5.74, 6) is 1.48. The van der Waals surface area contributed by atoms with Gasteiger partial charge in [-0.2, -0.15) is 0 Å². The van der Waals surface area contributed by atoms with Crippen molar-refractivity contribution in [2.45, 2.75) is 20.3 Å². The van der Waals surface area contributed by atoms with Crippen molar-refractivity contribution in [3.63, 3.8) is 0 Å². The van der Waals surface area contributed by atoms with Crippen LogP contribution in [0.1, 0.15) is 18.7 Å². The Labute approximate surface area is 99.0 Å². The molecule has 0 saturated heterocycles. The van der Waals surface area contributed by atoms with Crippen molar-refractivity contribution >= 4 is 27.3 Å². The van der Waals surface area contributed by atoms with Crippen LogP contribution in [0.25, 0.3) is 0 Å². The number of halogens is 1. The summed E-state index contributed by atoms with van der Waals surface area (Å²) in [6.45, 7) is 5.74. The van der Waals surface area contributed by atoms with E-state index in [1.807, 2.05) is 18.4 Å². The third kappa shape index (κ3) is 3.71. The summed E-state index contributed by atoms with van der Waals surface area (Å²) in [6.07, 6.45) is 1.19. The van der Waals surface area contributed by atoms with Crippen molar-refractivity contribution in [1.29, 1.82) is 0 Å². The molecule has 0 aliphatic carbocycles. The standard InChI is InChI=1S/C11H18BrNS/c1-8(9(2)7-13-3)6-10-4-5-11(12)14-10/h4-5,8-9,13H,6-7H2,1-3H3. The van der Waals surface area contributed by atoms with Crippen LogP contribution in [-0.4, -0.2) is 13.6 Å². The molecule has 0 bridgehead atoms. The highest BCUT2D eigenvalue weighted by atomic mass is 79.9. The second-order valence-electron chi connectivity index (χ2n) is 3.92. The van der Waals surface area contributed by atoms with Gasteiger partial charge < -0.3 is 5.32 Å². The quantitative estimate of drug-likeness (QED) is 0.867. The summed E-state index contributed by atoms with van der Waals surface area (Å²) < 4.78 is 1.24. The first-order valence-electron chi connectivity index (χ1n) is 5.02. The Morgan fingerprint density at radius 2 is 2.07 bits per heavy atom. The van der Waals surface area contributed by atoms with E-state index < -0.39 is 0 Å². The third-order valence-corrected chi connectivity index (χ3v) is 4.30. The highest BCUT2D eigenvalue weighted by molar-refractivity contribution is 9.11. The molecule has 0 amide bonds. The van der Waals surface area contributed by atoms with Gasteiger partial charge in [0, 0.05) is 4.88 Å². The van der Waals surface area contributed by atoms with Gasteiger partial charge in [0.25, 0.3) is 0 Å². The van der Waals surface area contributed by atoms with Gasteiger partial charge in [-0.05, 0) is 59.9 Å². The molecule has 1 aromatic heterocycles. The van der Waals surface area contributed by atoms with Crippen LogP contribution in [0.5, 0.6) is 0 Å². The van der Waals surface area contributed by atoms with E-state index in [2.05, 4.69) is 47.2 Å². The molecule has 1 N–H and O–H groups in total. The molecule has 0 saturated carbocycles. The van der Waals surface area contributed by atoms with E-state index in [1.165, 1.54) is 15.1 Å². The molecule has 1 nitrogen and oxygen atoms in total. The number of hydrogen-bond acceptors (Lipinski definition) is 2. The summed E-state index contributed by atoms with van der Waals surface area (Å²) in [6, 6.07) is 4.35. The van der Waals surface area contributed by atoms with Crippen LogP contribution in [0.4, 0.5) is 0 Å². The fourth-order valence-electron chi connectivity index (χ4n) is 1.50. The van der Waals surface area contributed by atoms with Gasteiger partial charge in [-0.3, -0.25) is 0 Å². The summed E-state index contributed by atoms with van der Waals surface area (Å²) in [4.78, 5) is 1.48. The van der Waals surface area contributed by atoms with E-state index in [9.17, 15) is 0 Å². The second kappa shape index (κ2) is 5.89. The minimum absolute atomic E-state index is 0.737. The van der Waals surface area contributed by atoms with Crippen LogP contribution in [0, 0.1) is 11.8 Å². The first kappa shape index (κ1) is 12.2. The predicted octanol–water partition coefficient (Wildman–Crippen LogP) is 3.54. The molecule has 0 aromatic carbocycles. The molecule has 80 valence electrons. The molecular formula is C11H18BrNS. The number of rotatable bonds is 5. The van der Waals surface area contributed by atoms with Crippen LogP contribution in [0.2, 0.25) is 0 Å². The first-order valence-corrected chi connectivity index (χ1v) is 6.63. The van der Waals surface area contributed by atoms with Gasteiger partial charge in [0.1, 0.15) is 0 Å². The Hall–Kier alpha value is 0.140. The number of hydrogen-bond donors (Lipinski definition) is 1. The lowest BCUT2D eigenvalue weighted by atomic mass is 9.92. The molecule has 1 aromatic rings. The molecule has 14 heavy (non-hydrogen) atoms. The van der Waals surface area contributed by atoms with Gasteiger partial charge in [-0.1, -0.05) is 13.8 Å². The highest BCUT2D eigenvalue weighted by Gasteiger charge is 2.12. The zero-order chi connectivity index (χ0) is 10.6. The molecule has 0 fully saturated rings. The van der Waals surface area contributed by atoms with Gasteiger partial charge in [0.05, 0.1) is 3.79 Å². The van der Waals surface area contributed by atoms with E-state index in [0.717, 1.165) is 18.4 Å². The molecule has 3 heteroatoms. The van der Waals surface area contributed by atoms with Crippen molar-refractivity contribution in [2.75, 3.05) is 13.6 Å². The van der Waals surface area contributed by atoms with E-state index in [0.29, 0.717) is 0 Å². The largest absolute Gasteiger partial charge is 0.319 e. The first-order chi connectivity index (χ1) is 6.63. The molecule has 0 radical (unpaired) electrons. The van der Waals surface area contributed by atoms with Gasteiger partial charge in [0.2, 0.25) is 0 Å². The summed E-state index contributed by atoms with van der Waals surface area (Å²) >= 11 is 5.34. The van der Waals surface area contributed by atoms with Crippen molar-refractivity contribution in [3.8, 4) is 0 Å². The molecule has 0 spiro atoms. The number of nitrogens with one attached hydrogen (secondary N) is 1. The fraction of sp³-hybridized carbons (Fsp3) is 0.636. The van der Waals surface area contributed by atoms with E-state index >= 15 is 0 Å². The zero-order valence-electron chi connectivity index (χ0n) is 9.01. The maximum Gasteiger partial charge on any atom is 0.0701 e. The Bertz CT molecular complexity index is 272. The van der Waals surface area contributed by atoms with E-state index in [-0.39, 0.29) is 0 Å². The monoisotopic (exact) mass is 275 g/mol. The maximum atomic E-state index is 3.50. The minimum atomic E-state index is 0.737. The van der Waals surface area contributed by atoms with E-state index in [4.69, 9.17) is 0 Å². The zero-order valence-corrected chi connectivity index (χ0v) is 11.4. The third-order valence-electron chi connectivity index (χ3n) is 2.65. The van der Waals surface area contributed by atoms with Gasteiger partial charge in [-0.15, -0.1) is 11.3 Å². The van der Waals surface area contributed by atoms with Crippen molar-refractivity contribution in [3.05, 3.63) is 20.8 Å². The van der Waals surface area contributed by atoms with Gasteiger partial charge in [-0.25, -0.2) is 0 Å². The summed E-state index contributed by atoms with van der Waals surface area (Å²) in [7, 11) is 2.02. The van der Waals surface area contributed by atoms with Crippen LogP contribution in [0.15, 0.2) is 15.9 Å². The molecule has 1 rings (SSSR count). The Morgan fingerprint density at radius 1 is 1.36 bits per heavy atom. The van der Waals surface area contributed by atoms with Crippen molar-refractivity contribution < 1.29 is 0 Å². The van der Waals surface area contributed by atoms with Gasteiger partial charge in [0.15, 0.2) is 0 Å². The van der Waals surface area contributed by atoms with E-state index in [1.54, 1.807) is 0 Å². The van der Waals surface area contributed by atoms with Crippen LogP contribution in [0.3, 0.4) is 0 Å². The predicted molar refractivity (Wildman–Crippen MR) is 68.0 cm³/mol. The molecule has 1 heterocycles. The van der Waals surface area contributed by atoms with Crippen molar-refractivity contribution in [2.24, 2.45) is 11.8 Å². The fourth-order valence-corrected chi connectivity index (χ4v) is 3.13. The number of thiophene rings is 1. The lowest BCUT2D eigenvalue weighted by molar-refractivity contribution is 0.376. The molecule has 0 aliphatic rings. The van der Waals surface area contributed by atoms with Crippen molar-refractivity contribution in [1.82, 2.24) is 5.32 Å². The SMILES string of the molecule is CNCC(C)C(C)Cc1ccc(Br)s1. The maximum absolute atomic E-state index is 3.50. The molecule has 0 aliphatic heterocycles. The molecule has 2 atom stereocenters. The Morgan fingerprint density at radius 3 is 2.57 bits per heavy atom. The second-order valence-corrected chi connectivity index (χ2v) is 6.47. The Balaban J connectivity index is 2.43. The molecular weight excluding hydrogens is 258 g/mol. The van der Waals surface area contributed by atoms with Crippen LogP contribution >= 0.6 is 27.3 Å². The summed E-state index contributed by atoms with van der Waals surface area (Å²) in [5, 5.41) is 3.23. The lowest BCUT2D eigenvalue weighted by Gasteiger charge is -2.18. The normalized spacial score (nSPS) is 15.4. The average Bonchev–Trinajstić information content (AvgIpc) is 2.51. The average molecular weight is 276 g/mol. The highest BCUT2D eigenvalue weighted by Crippen LogP contribution is 2.26. The molecule has 2 unspecified atom stereocenters. The summed E-state index contributed by atoms with van der Waals surface area (Å²) in [5.41, 5.74) is 0. The lowest BCUT2D eigenvalue weighted by Crippen LogP contribution is -2.22. The Kier molecular flexibility index (Phi) is 5.13. The minimum Gasteiger partial charge on any atom is -0.319 e. The van der Waals surface area contributed by atoms with Gasteiger partial charge >= 0.3 is 0 Å². The van der Waals surface area contributed by atoms with Crippen LogP contribution < -0.4 is 5.32 Å².